The van der Waals surface area contributed by atoms with Crippen molar-refractivity contribution in [1.82, 2.24) is 49.9 Å². The number of nitrogens with zero attached hydrogens (tertiary/aromatic N) is 11. The van der Waals surface area contributed by atoms with E-state index in [9.17, 15) is 19.8 Å². The number of nitrogens with one attached hydrogen (secondary N) is 1. The van der Waals surface area contributed by atoms with Crippen molar-refractivity contribution in [3.8, 4) is 40.2 Å². The second kappa shape index (κ2) is 22.0. The SMILES string of the molecule is CC(C)[C@H](C(=O)N1C[C@H](O)C[C@H]1C(=O)N[C@@H](C)c1ccc(-c2nccn2C)cc1)c1cc(OCCN2CCN(CCOc3cc(N4C5CCC4CN(c4cc(-c6ccccc6O)nnc4N)C5)ccn3)CC2)no1. The number of likely N-dealkylation sites (tertiary alicyclic amines) is 1. The average Bonchev–Trinajstić information content (AvgIpc) is 4.20. The number of aromatic hydroxyl groups is 1. The van der Waals surface area contributed by atoms with Crippen molar-refractivity contribution in [2.75, 3.05) is 87.7 Å². The van der Waals surface area contributed by atoms with Gasteiger partial charge in [0.25, 0.3) is 5.88 Å². The topological polar surface area (TPSA) is 230 Å². The van der Waals surface area contributed by atoms with Gasteiger partial charge in [0.15, 0.2) is 11.6 Å². The van der Waals surface area contributed by atoms with Crippen LogP contribution in [0.1, 0.15) is 63.3 Å². The Labute approximate surface area is 431 Å². The van der Waals surface area contributed by atoms with Crippen LogP contribution in [0.5, 0.6) is 17.5 Å². The second-order valence-corrected chi connectivity index (χ2v) is 20.3. The molecule has 4 aliphatic heterocycles. The van der Waals surface area contributed by atoms with Gasteiger partial charge in [-0.3, -0.25) is 19.4 Å². The molecule has 4 aliphatic rings. The van der Waals surface area contributed by atoms with Crippen LogP contribution in [0, 0.1) is 5.92 Å². The molecule has 6 atom stereocenters. The van der Waals surface area contributed by atoms with Gasteiger partial charge in [0.1, 0.15) is 36.7 Å². The van der Waals surface area contributed by atoms with Crippen LogP contribution >= 0.6 is 0 Å². The number of para-hydroxylation sites is 1. The summed E-state index contributed by atoms with van der Waals surface area (Å²) >= 11 is 0. The number of carbonyl (C=O) groups is 2. The van der Waals surface area contributed by atoms with E-state index in [-0.39, 0.29) is 54.6 Å². The first-order chi connectivity index (χ1) is 35.9. The van der Waals surface area contributed by atoms with Gasteiger partial charge in [0.2, 0.25) is 17.7 Å². The number of hydrogen-bond acceptors (Lipinski definition) is 17. The molecule has 0 spiro atoms. The van der Waals surface area contributed by atoms with Crippen LogP contribution in [0.25, 0.3) is 22.6 Å². The lowest BCUT2D eigenvalue weighted by atomic mass is 9.91. The Morgan fingerprint density at radius 3 is 2.23 bits per heavy atom. The monoisotopic (exact) mass is 1010 g/mol. The minimum absolute atomic E-state index is 0.0474. The molecule has 2 unspecified atom stereocenters. The van der Waals surface area contributed by atoms with Crippen molar-refractivity contribution < 1.29 is 33.8 Å². The molecule has 0 aliphatic carbocycles. The molecule has 0 saturated carbocycles. The van der Waals surface area contributed by atoms with Gasteiger partial charge in [-0.25, -0.2) is 9.97 Å². The zero-order chi connectivity index (χ0) is 51.5. The van der Waals surface area contributed by atoms with Crippen LogP contribution in [0.3, 0.4) is 0 Å². The van der Waals surface area contributed by atoms with Gasteiger partial charge in [-0.05, 0) is 60.7 Å². The molecule has 390 valence electrons. The lowest BCUT2D eigenvalue weighted by Crippen LogP contribution is -2.54. The minimum Gasteiger partial charge on any atom is -0.507 e. The Balaban J connectivity index is 0.655. The van der Waals surface area contributed by atoms with Crippen LogP contribution in [-0.2, 0) is 16.6 Å². The number of hydrogen-bond donors (Lipinski definition) is 4. The number of imidazole rings is 1. The number of nitrogen functional groups attached to an aromatic ring is 1. The molecular weight excluding hydrogens is 943 g/mol. The number of aliphatic hydroxyl groups is 1. The molecule has 20 nitrogen and oxygen atoms in total. The summed E-state index contributed by atoms with van der Waals surface area (Å²) in [7, 11) is 1.94. The normalized spacial score (nSPS) is 21.0. The number of nitrogens with two attached hydrogens (primary N) is 1. The van der Waals surface area contributed by atoms with Crippen LogP contribution in [-0.4, -0.2) is 163 Å². The smallest absolute Gasteiger partial charge is 0.254 e. The quantitative estimate of drug-likeness (QED) is 0.0913. The summed E-state index contributed by atoms with van der Waals surface area (Å²) in [4.78, 5) is 48.0. The fraction of sp³-hybridized carbons (Fsp3) is 0.463. The van der Waals surface area contributed by atoms with Crippen molar-refractivity contribution in [3.05, 3.63) is 103 Å². The number of aliphatic hydroxyl groups excluding tert-OH is 1. The first kappa shape index (κ1) is 50.3. The number of fused-ring (bicyclic) bond motifs is 2. The number of aryl methyl sites for hydroxylation is 1. The molecule has 0 radical (unpaired) electrons. The Morgan fingerprint density at radius 1 is 0.851 bits per heavy atom. The molecule has 2 aromatic carbocycles. The number of aromatic nitrogens is 6. The molecule has 10 rings (SSSR count). The van der Waals surface area contributed by atoms with Crippen LogP contribution in [0.4, 0.5) is 17.2 Å². The third-order valence-electron chi connectivity index (χ3n) is 15.1. The largest absolute Gasteiger partial charge is 0.507 e. The Bertz CT molecular complexity index is 2870. The highest BCUT2D eigenvalue weighted by molar-refractivity contribution is 5.91. The summed E-state index contributed by atoms with van der Waals surface area (Å²) in [5.74, 6) is 1.12. The Kier molecular flexibility index (Phi) is 15.0. The summed E-state index contributed by atoms with van der Waals surface area (Å²) in [6.07, 6.45) is 6.91. The molecule has 74 heavy (non-hydrogen) atoms. The highest BCUT2D eigenvalue weighted by Crippen LogP contribution is 2.40. The first-order valence-corrected chi connectivity index (χ1v) is 25.8. The third kappa shape index (κ3) is 11.0. The Hall–Kier alpha value is -7.29. The van der Waals surface area contributed by atoms with Gasteiger partial charge in [-0.15, -0.1) is 10.2 Å². The van der Waals surface area contributed by atoms with E-state index in [0.29, 0.717) is 54.4 Å². The third-order valence-corrected chi connectivity index (χ3v) is 15.1. The zero-order valence-electron chi connectivity index (χ0n) is 42.5. The number of pyridine rings is 1. The lowest BCUT2D eigenvalue weighted by molar-refractivity contribution is -0.141. The molecule has 4 saturated heterocycles. The summed E-state index contributed by atoms with van der Waals surface area (Å²) in [6, 6.07) is 22.1. The molecular formula is C54H67N13O7. The maximum atomic E-state index is 14.2. The van der Waals surface area contributed by atoms with Crippen molar-refractivity contribution in [1.29, 1.82) is 0 Å². The van der Waals surface area contributed by atoms with Crippen molar-refractivity contribution in [2.24, 2.45) is 13.0 Å². The van der Waals surface area contributed by atoms with Crippen LogP contribution < -0.4 is 30.3 Å². The number of carbonyl (C=O) groups excluding carboxylic acids is 2. The van der Waals surface area contributed by atoms with Gasteiger partial charge >= 0.3 is 0 Å². The number of phenols is 1. The van der Waals surface area contributed by atoms with E-state index in [2.05, 4.69) is 62.4 Å². The molecule has 2 amide bonds. The average molecular weight is 1010 g/mol. The van der Waals surface area contributed by atoms with E-state index >= 15 is 0 Å². The van der Waals surface area contributed by atoms with Gasteiger partial charge in [-0.1, -0.05) is 50.2 Å². The maximum Gasteiger partial charge on any atom is 0.254 e. The van der Waals surface area contributed by atoms with E-state index in [1.165, 1.54) is 4.90 Å². The number of piperazine rings is 2. The number of benzene rings is 2. The fourth-order valence-corrected chi connectivity index (χ4v) is 11.1. The van der Waals surface area contributed by atoms with E-state index < -0.39 is 18.1 Å². The molecule has 6 aromatic rings. The maximum absolute atomic E-state index is 14.2. The summed E-state index contributed by atoms with van der Waals surface area (Å²) in [6.45, 7) is 13.3. The van der Waals surface area contributed by atoms with Gasteiger partial charge in [0.05, 0.1) is 23.5 Å². The standard InChI is InChI=1S/C54H67N13O7/c1-34(2)50(54(71)66-33-41(68)28-45(66)53(70)58-35(3)36-9-11-37(12-10-36)52-57-17-18-62(52)4)47-30-49(61-74-47)73-26-24-64-21-19-63(20-22-64)23-25-72-48-27-38(15-16-56-48)67-39-13-14-40(67)32-65(31-39)44-29-43(59-60-51(44)55)42-7-5-6-8-46(42)69/h5-12,15-18,27,29-30,34-35,39-41,45,50,68-69H,13-14,19-26,28,31-33H2,1-4H3,(H2,55,60)(H,58,70)/t35-,39?,40?,41+,45-,50-/m0/s1. The number of rotatable bonds is 18. The molecule has 8 heterocycles. The summed E-state index contributed by atoms with van der Waals surface area (Å²) < 4.78 is 20.0. The lowest BCUT2D eigenvalue weighted by Gasteiger charge is -2.43. The van der Waals surface area contributed by atoms with Crippen LogP contribution in [0.15, 0.2) is 95.9 Å². The number of phenolic OH excluding ortho intramolecular Hbond substituents is 1. The fourth-order valence-electron chi connectivity index (χ4n) is 11.1. The number of anilines is 3. The molecule has 4 aromatic heterocycles. The first-order valence-electron chi connectivity index (χ1n) is 25.8. The number of ether oxygens (including phenoxy) is 2. The van der Waals surface area contributed by atoms with Crippen molar-refractivity contribution in [3.63, 3.8) is 0 Å². The molecule has 4 fully saturated rings. The number of amides is 2. The van der Waals surface area contributed by atoms with Crippen molar-refractivity contribution >= 4 is 29.0 Å². The van der Waals surface area contributed by atoms with Crippen LogP contribution in [0.2, 0.25) is 0 Å². The van der Waals surface area contributed by atoms with E-state index in [0.717, 1.165) is 87.0 Å². The summed E-state index contributed by atoms with van der Waals surface area (Å²) in [5, 5.41) is 36.9. The Morgan fingerprint density at radius 2 is 1.55 bits per heavy atom. The predicted molar refractivity (Wildman–Crippen MR) is 279 cm³/mol. The van der Waals surface area contributed by atoms with E-state index in [1.807, 2.05) is 87.2 Å². The van der Waals surface area contributed by atoms with Gasteiger partial charge < -0.3 is 54.5 Å². The van der Waals surface area contributed by atoms with Gasteiger partial charge in [0, 0.05) is 132 Å². The number of β-amino-alcohol motifs (C(OH)–C–C–N with tert-alkyl or cyclic N) is 1. The van der Waals surface area contributed by atoms with E-state index in [1.54, 1.807) is 24.4 Å². The van der Waals surface area contributed by atoms with Crippen molar-refractivity contribution in [2.45, 2.75) is 76.2 Å². The highest BCUT2D eigenvalue weighted by Gasteiger charge is 2.44. The highest BCUT2D eigenvalue weighted by atomic mass is 16.5. The van der Waals surface area contributed by atoms with E-state index in [4.69, 9.17) is 19.7 Å². The zero-order valence-corrected chi connectivity index (χ0v) is 42.5. The molecule has 20 heteroatoms. The predicted octanol–water partition coefficient (Wildman–Crippen LogP) is 4.73. The van der Waals surface area contributed by atoms with Gasteiger partial charge in [-0.2, -0.15) is 0 Å². The minimum atomic E-state index is -0.837. The molecule has 5 N–H and O–H groups in total. The summed E-state index contributed by atoms with van der Waals surface area (Å²) in [5.41, 5.74) is 11.4. The molecule has 2 bridgehead atoms. The second-order valence-electron chi connectivity index (χ2n) is 20.3.